The molecule has 1 aliphatic carbocycles. The standard InChI is InChI=1S/C13H16NOS/c1-10-11(2)16-9-14(10)8-7-12-5-3-4-6-13(12)15/h3-5,9H,6-8H2,1-2H3/q+1. The first-order valence-corrected chi connectivity index (χ1v) is 6.39. The number of ketones is 1. The number of Topliss-reactive ketones (excluding diaryl/α,β-unsaturated/α-hetero) is 1. The molecule has 0 fully saturated rings. The molecule has 0 atom stereocenters. The van der Waals surface area contributed by atoms with Crippen molar-refractivity contribution >= 4 is 17.1 Å². The lowest BCUT2D eigenvalue weighted by molar-refractivity contribution is -0.697. The van der Waals surface area contributed by atoms with Gasteiger partial charge in [0.15, 0.2) is 18.0 Å². The summed E-state index contributed by atoms with van der Waals surface area (Å²) in [6.07, 6.45) is 7.25. The smallest absolute Gasteiger partial charge is 0.225 e. The maximum absolute atomic E-state index is 11.6. The summed E-state index contributed by atoms with van der Waals surface area (Å²) in [6.45, 7) is 5.16. The number of carbonyl (C=O) groups is 1. The number of thiazole rings is 1. The van der Waals surface area contributed by atoms with Gasteiger partial charge in [-0.25, -0.2) is 0 Å². The third kappa shape index (κ3) is 2.30. The molecule has 0 aromatic carbocycles. The molecule has 0 amide bonds. The molecule has 0 N–H and O–H groups in total. The van der Waals surface area contributed by atoms with Crippen LogP contribution in [0.15, 0.2) is 29.3 Å². The van der Waals surface area contributed by atoms with Crippen molar-refractivity contribution in [3.63, 3.8) is 0 Å². The lowest BCUT2D eigenvalue weighted by atomic mass is 10.0. The lowest BCUT2D eigenvalue weighted by Gasteiger charge is -2.05. The molecule has 0 bridgehead atoms. The van der Waals surface area contributed by atoms with Crippen LogP contribution in [0.2, 0.25) is 0 Å². The molecule has 1 aromatic heterocycles. The molecule has 1 aliphatic rings. The molecule has 16 heavy (non-hydrogen) atoms. The molecule has 0 aliphatic heterocycles. The number of carbonyl (C=O) groups excluding carboxylic acids is 1. The van der Waals surface area contributed by atoms with Gasteiger partial charge in [0.25, 0.3) is 0 Å². The van der Waals surface area contributed by atoms with E-state index in [1.54, 1.807) is 11.3 Å². The minimum atomic E-state index is 0.271. The number of aromatic nitrogens is 1. The van der Waals surface area contributed by atoms with E-state index in [1.807, 2.05) is 18.2 Å². The van der Waals surface area contributed by atoms with Gasteiger partial charge in [0.1, 0.15) is 0 Å². The van der Waals surface area contributed by atoms with E-state index in [-0.39, 0.29) is 5.78 Å². The van der Waals surface area contributed by atoms with Crippen molar-refractivity contribution in [3.8, 4) is 0 Å². The predicted molar refractivity (Wildman–Crippen MR) is 65.5 cm³/mol. The molecule has 3 heteroatoms. The van der Waals surface area contributed by atoms with E-state index in [9.17, 15) is 4.79 Å². The highest BCUT2D eigenvalue weighted by Crippen LogP contribution is 2.13. The minimum Gasteiger partial charge on any atom is -0.294 e. The number of allylic oxidation sites excluding steroid dienone is 4. The summed E-state index contributed by atoms with van der Waals surface area (Å²) in [7, 11) is 0. The summed E-state index contributed by atoms with van der Waals surface area (Å²) in [5.74, 6) is 0.271. The van der Waals surface area contributed by atoms with Crippen LogP contribution < -0.4 is 4.57 Å². The van der Waals surface area contributed by atoms with E-state index in [2.05, 4.69) is 23.9 Å². The normalized spacial score (nSPS) is 15.4. The van der Waals surface area contributed by atoms with Crippen molar-refractivity contribution in [2.45, 2.75) is 33.2 Å². The third-order valence-electron chi connectivity index (χ3n) is 3.01. The van der Waals surface area contributed by atoms with Crippen LogP contribution in [0.4, 0.5) is 0 Å². The zero-order chi connectivity index (χ0) is 11.5. The lowest BCUT2D eigenvalue weighted by Crippen LogP contribution is -2.34. The van der Waals surface area contributed by atoms with Gasteiger partial charge in [0.05, 0.1) is 4.88 Å². The van der Waals surface area contributed by atoms with Crippen molar-refractivity contribution in [2.75, 3.05) is 0 Å². The second kappa shape index (κ2) is 4.74. The van der Waals surface area contributed by atoms with Crippen LogP contribution in [0, 0.1) is 13.8 Å². The molecule has 84 valence electrons. The highest BCUT2D eigenvalue weighted by Gasteiger charge is 2.15. The second-order valence-electron chi connectivity index (χ2n) is 4.06. The Morgan fingerprint density at radius 2 is 2.25 bits per heavy atom. The van der Waals surface area contributed by atoms with E-state index in [1.165, 1.54) is 10.6 Å². The maximum atomic E-state index is 11.6. The highest BCUT2D eigenvalue weighted by atomic mass is 32.1. The third-order valence-corrected chi connectivity index (χ3v) is 4.02. The Kier molecular flexibility index (Phi) is 3.34. The summed E-state index contributed by atoms with van der Waals surface area (Å²) in [6, 6.07) is 0. The Morgan fingerprint density at radius 3 is 2.88 bits per heavy atom. The fourth-order valence-corrected chi connectivity index (χ4v) is 2.61. The summed E-state index contributed by atoms with van der Waals surface area (Å²) in [4.78, 5) is 12.9. The largest absolute Gasteiger partial charge is 0.294 e. The van der Waals surface area contributed by atoms with Gasteiger partial charge in [-0.05, 0) is 6.92 Å². The zero-order valence-corrected chi connectivity index (χ0v) is 10.5. The van der Waals surface area contributed by atoms with Crippen molar-refractivity contribution < 1.29 is 9.36 Å². The Labute approximate surface area is 99.9 Å². The molecule has 1 aromatic rings. The van der Waals surface area contributed by atoms with Gasteiger partial charge in [-0.15, -0.1) is 0 Å². The number of rotatable bonds is 3. The Morgan fingerprint density at radius 1 is 1.44 bits per heavy atom. The van der Waals surface area contributed by atoms with Crippen LogP contribution >= 0.6 is 11.3 Å². The van der Waals surface area contributed by atoms with E-state index in [0.29, 0.717) is 6.42 Å². The van der Waals surface area contributed by atoms with Gasteiger partial charge >= 0.3 is 0 Å². The van der Waals surface area contributed by atoms with Crippen LogP contribution in [0.1, 0.15) is 23.4 Å². The van der Waals surface area contributed by atoms with Gasteiger partial charge in [-0.1, -0.05) is 29.6 Å². The summed E-state index contributed by atoms with van der Waals surface area (Å²) < 4.78 is 2.23. The number of hydrogen-bond acceptors (Lipinski definition) is 2. The Hall–Kier alpha value is -1.22. The molecule has 0 spiro atoms. The summed E-state index contributed by atoms with van der Waals surface area (Å²) in [5.41, 5.74) is 4.40. The molecule has 0 radical (unpaired) electrons. The van der Waals surface area contributed by atoms with Crippen LogP contribution in [0.3, 0.4) is 0 Å². The molecule has 2 nitrogen and oxygen atoms in total. The number of nitrogens with zero attached hydrogens (tertiary/aromatic N) is 1. The van der Waals surface area contributed by atoms with E-state index in [0.717, 1.165) is 18.5 Å². The first-order chi connectivity index (χ1) is 7.68. The van der Waals surface area contributed by atoms with Crippen LogP contribution in [-0.4, -0.2) is 5.78 Å². The van der Waals surface area contributed by atoms with Gasteiger partial charge < -0.3 is 0 Å². The van der Waals surface area contributed by atoms with Crippen molar-refractivity contribution in [1.29, 1.82) is 0 Å². The average molecular weight is 234 g/mol. The van der Waals surface area contributed by atoms with E-state index < -0.39 is 0 Å². The van der Waals surface area contributed by atoms with Crippen LogP contribution in [0.5, 0.6) is 0 Å². The Balaban J connectivity index is 2.02. The monoisotopic (exact) mass is 234 g/mol. The van der Waals surface area contributed by atoms with Gasteiger partial charge in [0, 0.05) is 25.3 Å². The first-order valence-electron chi connectivity index (χ1n) is 5.51. The fourth-order valence-electron chi connectivity index (χ4n) is 1.78. The van der Waals surface area contributed by atoms with Crippen molar-refractivity contribution in [1.82, 2.24) is 0 Å². The van der Waals surface area contributed by atoms with Gasteiger partial charge in [-0.3, -0.25) is 4.79 Å². The second-order valence-corrected chi connectivity index (χ2v) is 5.11. The van der Waals surface area contributed by atoms with E-state index in [4.69, 9.17) is 0 Å². The number of aryl methyl sites for hydroxylation is 2. The summed E-state index contributed by atoms with van der Waals surface area (Å²) in [5, 5.41) is 0. The maximum Gasteiger partial charge on any atom is 0.225 e. The molecular formula is C13H16NOS+. The Bertz CT molecular complexity index is 468. The molecular weight excluding hydrogens is 218 g/mol. The highest BCUT2D eigenvalue weighted by molar-refractivity contribution is 7.09. The topological polar surface area (TPSA) is 20.9 Å². The SMILES string of the molecule is Cc1sc[n+](CCC2=CC=CCC2=O)c1C. The van der Waals surface area contributed by atoms with Gasteiger partial charge in [-0.2, -0.15) is 4.57 Å². The number of hydrogen-bond donors (Lipinski definition) is 0. The molecule has 2 rings (SSSR count). The van der Waals surface area contributed by atoms with Crippen LogP contribution in [0.25, 0.3) is 0 Å². The molecule has 0 saturated carbocycles. The van der Waals surface area contributed by atoms with Gasteiger partial charge in [0.2, 0.25) is 5.51 Å². The quantitative estimate of drug-likeness (QED) is 0.736. The minimum absolute atomic E-state index is 0.271. The molecule has 1 heterocycles. The van der Waals surface area contributed by atoms with Crippen LogP contribution in [-0.2, 0) is 11.3 Å². The first kappa shape index (κ1) is 11.3. The average Bonchev–Trinajstić information content (AvgIpc) is 2.59. The predicted octanol–water partition coefficient (Wildman–Crippen LogP) is 2.50. The zero-order valence-electron chi connectivity index (χ0n) is 9.69. The molecule has 0 saturated heterocycles. The fraction of sp³-hybridized carbons (Fsp3) is 0.385. The van der Waals surface area contributed by atoms with Crippen molar-refractivity contribution in [2.24, 2.45) is 0 Å². The molecule has 0 unspecified atom stereocenters. The van der Waals surface area contributed by atoms with E-state index >= 15 is 0 Å². The van der Waals surface area contributed by atoms with Crippen molar-refractivity contribution in [3.05, 3.63) is 39.9 Å². The summed E-state index contributed by atoms with van der Waals surface area (Å²) >= 11 is 1.76.